The van der Waals surface area contributed by atoms with E-state index in [1.54, 1.807) is 12.8 Å². The minimum absolute atomic E-state index is 0.857. The molecule has 0 spiro atoms. The van der Waals surface area contributed by atoms with Crippen molar-refractivity contribution in [3.63, 3.8) is 0 Å². The number of aryl methyl sites for hydroxylation is 1. The van der Waals surface area contributed by atoms with Crippen molar-refractivity contribution in [2.45, 2.75) is 51.0 Å². The van der Waals surface area contributed by atoms with E-state index < -0.39 is 0 Å². The van der Waals surface area contributed by atoms with Crippen LogP contribution in [0.3, 0.4) is 0 Å². The zero-order valence-electron chi connectivity index (χ0n) is 12.4. The van der Waals surface area contributed by atoms with Crippen LogP contribution in [-0.2, 0) is 6.42 Å². The third-order valence-electron chi connectivity index (χ3n) is 6.32. The number of hydrogen-bond acceptors (Lipinski definition) is 1. The van der Waals surface area contributed by atoms with Gasteiger partial charge in [0, 0.05) is 6.04 Å². The summed E-state index contributed by atoms with van der Waals surface area (Å²) in [5, 5.41) is 3.90. The van der Waals surface area contributed by atoms with Gasteiger partial charge in [0.05, 0.1) is 0 Å². The molecule has 20 heavy (non-hydrogen) atoms. The lowest BCUT2D eigenvalue weighted by molar-refractivity contribution is 0.209. The normalized spacial score (nSPS) is 38.3. The van der Waals surface area contributed by atoms with Gasteiger partial charge in [0.2, 0.25) is 0 Å². The number of benzene rings is 1. The third-order valence-corrected chi connectivity index (χ3v) is 6.32. The zero-order valence-corrected chi connectivity index (χ0v) is 12.4. The molecule has 3 aliphatic rings. The Hall–Kier alpha value is -0.820. The van der Waals surface area contributed by atoms with E-state index in [1.807, 2.05) is 0 Å². The van der Waals surface area contributed by atoms with Crippen LogP contribution >= 0.6 is 0 Å². The van der Waals surface area contributed by atoms with Crippen LogP contribution in [0.25, 0.3) is 0 Å². The molecule has 3 fully saturated rings. The minimum atomic E-state index is 0.857. The highest BCUT2D eigenvalue weighted by Gasteiger charge is 2.53. The molecule has 0 saturated heterocycles. The molecule has 1 aromatic carbocycles. The van der Waals surface area contributed by atoms with E-state index in [0.29, 0.717) is 0 Å². The van der Waals surface area contributed by atoms with Gasteiger partial charge in [-0.2, -0.15) is 0 Å². The average Bonchev–Trinajstić information content (AvgIpc) is 3.17. The highest BCUT2D eigenvalue weighted by Crippen LogP contribution is 2.58. The third kappa shape index (κ3) is 2.30. The zero-order chi connectivity index (χ0) is 13.4. The van der Waals surface area contributed by atoms with Crippen LogP contribution in [-0.4, -0.2) is 12.6 Å². The number of nitrogens with one attached hydrogen (secondary N) is 1. The second-order valence-electron chi connectivity index (χ2n) is 7.30. The summed E-state index contributed by atoms with van der Waals surface area (Å²) >= 11 is 0. The maximum atomic E-state index is 3.90. The lowest BCUT2D eigenvalue weighted by Gasteiger charge is -2.32. The molecule has 1 nitrogen and oxygen atoms in total. The summed E-state index contributed by atoms with van der Waals surface area (Å²) in [5.74, 6) is 4.34. The van der Waals surface area contributed by atoms with Crippen LogP contribution in [0.5, 0.6) is 0 Å². The largest absolute Gasteiger partial charge is 0.314 e. The molecule has 0 aromatic heterocycles. The second kappa shape index (κ2) is 5.52. The van der Waals surface area contributed by atoms with Gasteiger partial charge >= 0.3 is 0 Å². The van der Waals surface area contributed by atoms with Gasteiger partial charge in [-0.05, 0) is 74.3 Å². The lowest BCUT2D eigenvalue weighted by Crippen LogP contribution is -2.39. The molecule has 108 valence electrons. The van der Waals surface area contributed by atoms with Gasteiger partial charge in [-0.25, -0.2) is 0 Å². The number of hydrogen-bond donors (Lipinski definition) is 1. The van der Waals surface area contributed by atoms with Crippen LogP contribution in [0.4, 0.5) is 0 Å². The summed E-state index contributed by atoms with van der Waals surface area (Å²) in [6.45, 7) is 1.21. The van der Waals surface area contributed by atoms with E-state index in [0.717, 1.165) is 29.7 Å². The van der Waals surface area contributed by atoms with Crippen molar-refractivity contribution in [2.75, 3.05) is 6.54 Å². The molecule has 5 atom stereocenters. The molecular formula is C19H27N. The number of fused-ring (bicyclic) bond motifs is 5. The van der Waals surface area contributed by atoms with Crippen molar-refractivity contribution in [1.29, 1.82) is 0 Å². The molecule has 0 radical (unpaired) electrons. The van der Waals surface area contributed by atoms with E-state index in [-0.39, 0.29) is 0 Å². The van der Waals surface area contributed by atoms with Crippen molar-refractivity contribution < 1.29 is 0 Å². The van der Waals surface area contributed by atoms with Gasteiger partial charge in [0.25, 0.3) is 0 Å². The Balaban J connectivity index is 1.23. The molecule has 3 saturated carbocycles. The number of rotatable bonds is 5. The molecule has 0 heterocycles. The molecule has 0 aliphatic heterocycles. The van der Waals surface area contributed by atoms with Crippen LogP contribution in [0, 0.1) is 23.7 Å². The van der Waals surface area contributed by atoms with Crippen LogP contribution in [0.15, 0.2) is 30.3 Å². The molecule has 1 N–H and O–H groups in total. The first-order chi connectivity index (χ1) is 9.92. The van der Waals surface area contributed by atoms with Crippen molar-refractivity contribution in [3.05, 3.63) is 35.9 Å². The molecule has 0 amide bonds. The molecule has 2 bridgehead atoms. The van der Waals surface area contributed by atoms with E-state index >= 15 is 0 Å². The fourth-order valence-corrected chi connectivity index (χ4v) is 5.53. The first-order valence-corrected chi connectivity index (χ1v) is 8.69. The fourth-order valence-electron chi connectivity index (χ4n) is 5.53. The van der Waals surface area contributed by atoms with Crippen molar-refractivity contribution in [2.24, 2.45) is 23.7 Å². The average molecular weight is 269 g/mol. The molecule has 1 aromatic rings. The summed E-state index contributed by atoms with van der Waals surface area (Å²) in [5.41, 5.74) is 1.48. The van der Waals surface area contributed by atoms with Gasteiger partial charge in [-0.1, -0.05) is 36.8 Å². The first-order valence-electron chi connectivity index (χ1n) is 8.69. The first kappa shape index (κ1) is 12.9. The van der Waals surface area contributed by atoms with Crippen molar-refractivity contribution in [1.82, 2.24) is 5.32 Å². The predicted molar refractivity (Wildman–Crippen MR) is 83.6 cm³/mol. The Morgan fingerprint density at radius 1 is 0.950 bits per heavy atom. The molecular weight excluding hydrogens is 242 g/mol. The summed E-state index contributed by atoms with van der Waals surface area (Å²) in [4.78, 5) is 0. The SMILES string of the molecule is c1ccc(CCCNC2CC3CC2C2CCCC32)cc1. The highest BCUT2D eigenvalue weighted by atomic mass is 14.9. The van der Waals surface area contributed by atoms with Crippen LogP contribution in [0.1, 0.15) is 44.1 Å². The van der Waals surface area contributed by atoms with Crippen LogP contribution in [0.2, 0.25) is 0 Å². The van der Waals surface area contributed by atoms with Crippen molar-refractivity contribution >= 4 is 0 Å². The molecule has 3 aliphatic carbocycles. The summed E-state index contributed by atoms with van der Waals surface area (Å²) < 4.78 is 0. The van der Waals surface area contributed by atoms with Crippen LogP contribution < -0.4 is 5.32 Å². The monoisotopic (exact) mass is 269 g/mol. The smallest absolute Gasteiger partial charge is 0.0101 e. The van der Waals surface area contributed by atoms with Gasteiger partial charge in [-0.15, -0.1) is 0 Å². The van der Waals surface area contributed by atoms with Gasteiger partial charge in [0.15, 0.2) is 0 Å². The summed E-state index contributed by atoms with van der Waals surface area (Å²) in [6.07, 6.45) is 10.1. The predicted octanol–water partition coefficient (Wildman–Crippen LogP) is 4.03. The quantitative estimate of drug-likeness (QED) is 0.796. The lowest BCUT2D eigenvalue weighted by atomic mass is 9.79. The van der Waals surface area contributed by atoms with E-state index in [4.69, 9.17) is 0 Å². The Morgan fingerprint density at radius 2 is 1.80 bits per heavy atom. The van der Waals surface area contributed by atoms with E-state index in [1.165, 1.54) is 44.2 Å². The van der Waals surface area contributed by atoms with Crippen molar-refractivity contribution in [3.8, 4) is 0 Å². The summed E-state index contributed by atoms with van der Waals surface area (Å²) in [6, 6.07) is 11.8. The Kier molecular flexibility index (Phi) is 3.56. The second-order valence-corrected chi connectivity index (χ2v) is 7.30. The van der Waals surface area contributed by atoms with Gasteiger partial charge in [0.1, 0.15) is 0 Å². The minimum Gasteiger partial charge on any atom is -0.314 e. The maximum absolute atomic E-state index is 3.90. The van der Waals surface area contributed by atoms with Gasteiger partial charge in [-0.3, -0.25) is 0 Å². The Labute approximate surface area is 123 Å². The molecule has 4 rings (SSSR count). The standard InChI is InChI=1S/C19H27N/c1-2-6-14(7-3-1)8-5-11-20-19-13-15-12-18(19)17-10-4-9-16(15)17/h1-3,6-7,15-20H,4-5,8-13H2. The molecule has 5 unspecified atom stereocenters. The fraction of sp³-hybridized carbons (Fsp3) is 0.684. The highest BCUT2D eigenvalue weighted by molar-refractivity contribution is 5.14. The Bertz CT molecular complexity index is 440. The van der Waals surface area contributed by atoms with Gasteiger partial charge < -0.3 is 5.32 Å². The maximum Gasteiger partial charge on any atom is 0.0101 e. The molecule has 1 heteroatoms. The van der Waals surface area contributed by atoms with E-state index in [9.17, 15) is 0 Å². The Morgan fingerprint density at radius 3 is 2.70 bits per heavy atom. The van der Waals surface area contributed by atoms with E-state index in [2.05, 4.69) is 35.6 Å². The summed E-state index contributed by atoms with van der Waals surface area (Å²) in [7, 11) is 0. The topological polar surface area (TPSA) is 12.0 Å².